The predicted octanol–water partition coefficient (Wildman–Crippen LogP) is 0.778. The van der Waals surface area contributed by atoms with Crippen LogP contribution in [0.15, 0.2) is 24.5 Å². The topological polar surface area (TPSA) is 96.7 Å². The first-order valence-corrected chi connectivity index (χ1v) is 4.38. The monoisotopic (exact) mass is 221 g/mol. The summed E-state index contributed by atoms with van der Waals surface area (Å²) >= 11 is 0. The SMILES string of the molecule is Nc1ccc(F)cc1C(=O)Nc1ncn[nH]1. The molecule has 0 unspecified atom stereocenters. The molecule has 0 aliphatic rings. The molecule has 0 saturated carbocycles. The van der Waals surface area contributed by atoms with Gasteiger partial charge in [-0.3, -0.25) is 10.1 Å². The summed E-state index contributed by atoms with van der Waals surface area (Å²) in [6, 6.07) is 3.56. The number of carbonyl (C=O) groups excluding carboxylic acids is 1. The van der Waals surface area contributed by atoms with Gasteiger partial charge in [0.15, 0.2) is 0 Å². The highest BCUT2D eigenvalue weighted by Crippen LogP contribution is 2.14. The molecular weight excluding hydrogens is 213 g/mol. The van der Waals surface area contributed by atoms with Crippen LogP contribution in [0.2, 0.25) is 0 Å². The van der Waals surface area contributed by atoms with Crippen molar-refractivity contribution in [3.05, 3.63) is 35.9 Å². The van der Waals surface area contributed by atoms with Crippen LogP contribution >= 0.6 is 0 Å². The first kappa shape index (κ1) is 10.1. The zero-order valence-electron chi connectivity index (χ0n) is 8.07. The van der Waals surface area contributed by atoms with E-state index in [9.17, 15) is 9.18 Å². The van der Waals surface area contributed by atoms with Crippen LogP contribution < -0.4 is 11.1 Å². The summed E-state index contributed by atoms with van der Waals surface area (Å²) in [5, 5.41) is 8.39. The first-order chi connectivity index (χ1) is 7.66. The average molecular weight is 221 g/mol. The largest absolute Gasteiger partial charge is 0.398 e. The fourth-order valence-electron chi connectivity index (χ4n) is 1.17. The summed E-state index contributed by atoms with van der Waals surface area (Å²) in [5.74, 6) is -0.903. The van der Waals surface area contributed by atoms with Crippen molar-refractivity contribution in [2.45, 2.75) is 0 Å². The summed E-state index contributed by atoms with van der Waals surface area (Å²) in [4.78, 5) is 15.3. The van der Waals surface area contributed by atoms with Gasteiger partial charge in [-0.25, -0.2) is 9.49 Å². The lowest BCUT2D eigenvalue weighted by Gasteiger charge is -2.04. The molecule has 0 aliphatic carbocycles. The summed E-state index contributed by atoms with van der Waals surface area (Å²) in [7, 11) is 0. The van der Waals surface area contributed by atoms with Crippen molar-refractivity contribution in [1.82, 2.24) is 15.2 Å². The Labute approximate surface area is 89.7 Å². The third kappa shape index (κ3) is 1.97. The van der Waals surface area contributed by atoms with E-state index in [1.807, 2.05) is 0 Å². The second-order valence-electron chi connectivity index (χ2n) is 3.02. The molecule has 7 heteroatoms. The number of aromatic amines is 1. The number of benzene rings is 1. The normalized spacial score (nSPS) is 10.1. The number of carbonyl (C=O) groups is 1. The number of hydrogen-bond acceptors (Lipinski definition) is 4. The van der Waals surface area contributed by atoms with E-state index in [-0.39, 0.29) is 17.2 Å². The van der Waals surface area contributed by atoms with Gasteiger partial charge in [0.1, 0.15) is 12.1 Å². The summed E-state index contributed by atoms with van der Waals surface area (Å²) in [5.41, 5.74) is 5.79. The molecular formula is C9H8FN5O. The maximum atomic E-state index is 12.9. The Morgan fingerprint density at radius 3 is 3.00 bits per heavy atom. The molecule has 1 heterocycles. The van der Waals surface area contributed by atoms with Gasteiger partial charge in [0.05, 0.1) is 5.56 Å². The van der Waals surface area contributed by atoms with Gasteiger partial charge < -0.3 is 5.73 Å². The molecule has 0 bridgehead atoms. The minimum atomic E-state index is -0.547. The number of aromatic nitrogens is 3. The second kappa shape index (κ2) is 3.97. The molecule has 2 aromatic rings. The van der Waals surface area contributed by atoms with E-state index in [1.165, 1.54) is 18.5 Å². The van der Waals surface area contributed by atoms with Gasteiger partial charge in [0, 0.05) is 5.69 Å². The zero-order chi connectivity index (χ0) is 11.5. The number of hydrogen-bond donors (Lipinski definition) is 3. The van der Waals surface area contributed by atoms with E-state index < -0.39 is 11.7 Å². The van der Waals surface area contributed by atoms with Gasteiger partial charge in [-0.2, -0.15) is 10.1 Å². The quantitative estimate of drug-likeness (QED) is 0.653. The smallest absolute Gasteiger partial charge is 0.260 e. The maximum absolute atomic E-state index is 12.9. The molecule has 0 radical (unpaired) electrons. The van der Waals surface area contributed by atoms with Crippen LogP contribution in [0.4, 0.5) is 16.0 Å². The molecule has 1 amide bonds. The lowest BCUT2D eigenvalue weighted by Crippen LogP contribution is -2.15. The Balaban J connectivity index is 2.24. The average Bonchev–Trinajstić information content (AvgIpc) is 2.74. The third-order valence-corrected chi connectivity index (χ3v) is 1.91. The van der Waals surface area contributed by atoms with E-state index in [0.717, 1.165) is 6.07 Å². The van der Waals surface area contributed by atoms with Crippen molar-refractivity contribution in [3.63, 3.8) is 0 Å². The minimum Gasteiger partial charge on any atom is -0.398 e. The fourth-order valence-corrected chi connectivity index (χ4v) is 1.17. The van der Waals surface area contributed by atoms with Gasteiger partial charge in [-0.05, 0) is 18.2 Å². The molecule has 1 aromatic heterocycles. The van der Waals surface area contributed by atoms with Gasteiger partial charge >= 0.3 is 0 Å². The molecule has 0 spiro atoms. The number of H-pyrrole nitrogens is 1. The van der Waals surface area contributed by atoms with Gasteiger partial charge in [0.2, 0.25) is 5.95 Å². The van der Waals surface area contributed by atoms with Crippen LogP contribution in [-0.4, -0.2) is 21.1 Å². The van der Waals surface area contributed by atoms with E-state index in [0.29, 0.717) is 0 Å². The van der Waals surface area contributed by atoms with E-state index in [1.54, 1.807) is 0 Å². The fraction of sp³-hybridized carbons (Fsp3) is 0. The molecule has 0 aliphatic heterocycles. The van der Waals surface area contributed by atoms with Gasteiger partial charge in [0.25, 0.3) is 5.91 Å². The summed E-state index contributed by atoms with van der Waals surface area (Å²) < 4.78 is 12.9. The van der Waals surface area contributed by atoms with Crippen molar-refractivity contribution >= 4 is 17.5 Å². The molecule has 0 saturated heterocycles. The zero-order valence-corrected chi connectivity index (χ0v) is 8.07. The van der Waals surface area contributed by atoms with Crippen molar-refractivity contribution in [1.29, 1.82) is 0 Å². The van der Waals surface area contributed by atoms with Crippen LogP contribution in [0.25, 0.3) is 0 Å². The molecule has 6 nitrogen and oxygen atoms in total. The van der Waals surface area contributed by atoms with Crippen molar-refractivity contribution in [2.24, 2.45) is 0 Å². The Morgan fingerprint density at radius 1 is 1.50 bits per heavy atom. The number of nitrogens with zero attached hydrogens (tertiary/aromatic N) is 2. The van der Waals surface area contributed by atoms with E-state index >= 15 is 0 Å². The number of amides is 1. The number of rotatable bonds is 2. The van der Waals surface area contributed by atoms with Gasteiger partial charge in [-0.15, -0.1) is 0 Å². The standard InChI is InChI=1S/C9H8FN5O/c10-5-1-2-7(11)6(3-5)8(16)14-9-12-4-13-15-9/h1-4H,11H2,(H2,12,13,14,15,16). The Bertz CT molecular complexity index is 511. The molecule has 2 rings (SSSR count). The van der Waals surface area contributed by atoms with E-state index in [2.05, 4.69) is 20.5 Å². The lowest BCUT2D eigenvalue weighted by atomic mass is 10.1. The molecule has 16 heavy (non-hydrogen) atoms. The molecule has 0 fully saturated rings. The molecule has 82 valence electrons. The second-order valence-corrected chi connectivity index (χ2v) is 3.02. The first-order valence-electron chi connectivity index (χ1n) is 4.38. The Morgan fingerprint density at radius 2 is 2.31 bits per heavy atom. The molecule has 4 N–H and O–H groups in total. The number of halogens is 1. The van der Waals surface area contributed by atoms with Crippen LogP contribution in [0.1, 0.15) is 10.4 Å². The van der Waals surface area contributed by atoms with Crippen molar-refractivity contribution in [3.8, 4) is 0 Å². The third-order valence-electron chi connectivity index (χ3n) is 1.91. The lowest BCUT2D eigenvalue weighted by molar-refractivity contribution is 0.102. The van der Waals surface area contributed by atoms with Crippen LogP contribution in [0, 0.1) is 5.82 Å². The minimum absolute atomic E-state index is 0.0522. The molecule has 0 atom stereocenters. The molecule has 1 aromatic carbocycles. The van der Waals surface area contributed by atoms with Gasteiger partial charge in [-0.1, -0.05) is 0 Å². The summed E-state index contributed by atoms with van der Waals surface area (Å²) in [6.45, 7) is 0. The maximum Gasteiger partial charge on any atom is 0.260 e. The van der Waals surface area contributed by atoms with Crippen LogP contribution in [0.5, 0.6) is 0 Å². The van der Waals surface area contributed by atoms with Crippen LogP contribution in [-0.2, 0) is 0 Å². The Hall–Kier alpha value is -2.44. The van der Waals surface area contributed by atoms with Crippen LogP contribution in [0.3, 0.4) is 0 Å². The van der Waals surface area contributed by atoms with Crippen molar-refractivity contribution < 1.29 is 9.18 Å². The number of nitrogen functional groups attached to an aromatic ring is 1. The Kier molecular flexibility index (Phi) is 2.50. The highest BCUT2D eigenvalue weighted by Gasteiger charge is 2.11. The highest BCUT2D eigenvalue weighted by atomic mass is 19.1. The van der Waals surface area contributed by atoms with E-state index in [4.69, 9.17) is 5.73 Å². The number of nitrogens with one attached hydrogen (secondary N) is 2. The number of anilines is 2. The highest BCUT2D eigenvalue weighted by molar-refractivity contribution is 6.06. The number of nitrogens with two attached hydrogens (primary N) is 1. The predicted molar refractivity (Wildman–Crippen MR) is 55.1 cm³/mol. The summed E-state index contributed by atoms with van der Waals surface area (Å²) in [6.07, 6.45) is 1.24. The van der Waals surface area contributed by atoms with Crippen molar-refractivity contribution in [2.75, 3.05) is 11.1 Å².